The Balaban J connectivity index is 1.18. The van der Waals surface area contributed by atoms with Crippen molar-refractivity contribution >= 4 is 96.2 Å². The van der Waals surface area contributed by atoms with Crippen LogP contribution in [0.3, 0.4) is 0 Å². The summed E-state index contributed by atoms with van der Waals surface area (Å²) in [5.74, 6) is 0. The van der Waals surface area contributed by atoms with Crippen molar-refractivity contribution in [1.29, 1.82) is 0 Å². The van der Waals surface area contributed by atoms with Crippen molar-refractivity contribution in [3.63, 3.8) is 0 Å². The summed E-state index contributed by atoms with van der Waals surface area (Å²) in [5, 5.41) is 2.32. The molecule has 0 amide bonds. The molecule has 9 aromatic rings. The molecule has 90 heavy (non-hydrogen) atoms. The molecule has 3 heterocycles. The lowest BCUT2D eigenvalue weighted by molar-refractivity contribution is 0.332. The fourth-order valence-corrected chi connectivity index (χ4v) is 16.8. The molecule has 0 unspecified atom stereocenters. The second kappa shape index (κ2) is 19.5. The third kappa shape index (κ3) is 9.47. The molecule has 14 rings (SSSR count). The van der Waals surface area contributed by atoms with Crippen molar-refractivity contribution < 1.29 is 4.42 Å². The van der Waals surface area contributed by atoms with Gasteiger partial charge in [-0.05, 0) is 251 Å². The summed E-state index contributed by atoms with van der Waals surface area (Å²) in [4.78, 5) is 8.07. The number of anilines is 9. The Morgan fingerprint density at radius 1 is 0.367 bits per heavy atom. The van der Waals surface area contributed by atoms with Crippen LogP contribution in [-0.2, 0) is 48.7 Å². The third-order valence-electron chi connectivity index (χ3n) is 23.2. The molecule has 1 aromatic heterocycles. The Morgan fingerprint density at radius 3 is 1.41 bits per heavy atom. The minimum atomic E-state index is -0.138. The van der Waals surface area contributed by atoms with Gasteiger partial charge in [0, 0.05) is 56.3 Å². The average molecular weight is 1190 g/mol. The lowest BCUT2D eigenvalue weighted by Gasteiger charge is -2.48. The molecule has 5 heteroatoms. The second-order valence-corrected chi connectivity index (χ2v) is 35.6. The van der Waals surface area contributed by atoms with E-state index in [0.717, 1.165) is 65.7 Å². The van der Waals surface area contributed by atoms with E-state index in [1.54, 1.807) is 0 Å². The van der Waals surface area contributed by atoms with E-state index in [1.165, 1.54) is 118 Å². The van der Waals surface area contributed by atoms with Crippen LogP contribution in [-0.4, -0.2) is 6.71 Å². The van der Waals surface area contributed by atoms with Crippen molar-refractivity contribution in [2.24, 2.45) is 0 Å². The van der Waals surface area contributed by atoms with Gasteiger partial charge in [-0.1, -0.05) is 194 Å². The number of nitrogens with zero attached hydrogens (tertiary/aromatic N) is 3. The van der Waals surface area contributed by atoms with E-state index >= 15 is 0 Å². The Kier molecular flexibility index (Phi) is 13.2. The van der Waals surface area contributed by atoms with Gasteiger partial charge >= 0.3 is 0 Å². The van der Waals surface area contributed by atoms with Crippen LogP contribution in [0.4, 0.5) is 51.2 Å². The van der Waals surface area contributed by atoms with Crippen LogP contribution in [0, 0.1) is 6.92 Å². The number of hydrogen-bond acceptors (Lipinski definition) is 4. The van der Waals surface area contributed by atoms with Crippen LogP contribution in [0.15, 0.2) is 138 Å². The number of furan rings is 1. The normalized spacial score (nSPS) is 19.0. The van der Waals surface area contributed by atoms with Crippen molar-refractivity contribution in [3.8, 4) is 0 Å². The van der Waals surface area contributed by atoms with Crippen molar-refractivity contribution in [1.82, 2.24) is 0 Å². The Bertz CT molecular complexity index is 4460. The molecule has 0 saturated carbocycles. The van der Waals surface area contributed by atoms with Gasteiger partial charge in [0.15, 0.2) is 0 Å². The SMILES string of the molecule is Cc1cc2c(cc1N1c3cc4c(cc3B3c5cc6c(cc5N(c5ccc7c(c5)C(C)(C)CCC7(C)C)c5cc(N(c7ccc(C(C)(C)C)cc7)c7cccc(C(C)(C)C)c7)cc1c53)C(C)(C)CCC6(C)C)oc1ccc(C(C)(C)C)cc14)C(C)(C)CCC2(C)C. The van der Waals surface area contributed by atoms with Crippen molar-refractivity contribution in [3.05, 3.63) is 189 Å². The first-order chi connectivity index (χ1) is 41.8. The van der Waals surface area contributed by atoms with Crippen LogP contribution >= 0.6 is 0 Å². The van der Waals surface area contributed by atoms with E-state index in [2.05, 4.69) is 300 Å². The van der Waals surface area contributed by atoms with Gasteiger partial charge in [0.1, 0.15) is 11.2 Å². The van der Waals surface area contributed by atoms with Gasteiger partial charge in [-0.15, -0.1) is 0 Å². The molecule has 8 aromatic carbocycles. The molecule has 3 aliphatic carbocycles. The number of rotatable bonds is 5. The number of aryl methyl sites for hydroxylation is 1. The lowest BCUT2D eigenvalue weighted by atomic mass is 9.33. The van der Waals surface area contributed by atoms with E-state index < -0.39 is 0 Å². The van der Waals surface area contributed by atoms with E-state index in [9.17, 15) is 0 Å². The molecule has 0 spiro atoms. The fourth-order valence-electron chi connectivity index (χ4n) is 16.8. The molecule has 4 nitrogen and oxygen atoms in total. The van der Waals surface area contributed by atoms with Gasteiger partial charge in [-0.2, -0.15) is 0 Å². The quantitative estimate of drug-likeness (QED) is 0.160. The van der Waals surface area contributed by atoms with Crippen molar-refractivity contribution in [2.45, 2.75) is 240 Å². The number of fused-ring (bicyclic) bond motifs is 10. The molecule has 2 aliphatic heterocycles. The molecule has 0 fully saturated rings. The summed E-state index contributed by atoms with van der Waals surface area (Å²) in [6, 6.07) is 54.3. The highest BCUT2D eigenvalue weighted by Gasteiger charge is 2.49. The van der Waals surface area contributed by atoms with Crippen LogP contribution in [0.2, 0.25) is 0 Å². The van der Waals surface area contributed by atoms with Gasteiger partial charge in [-0.3, -0.25) is 0 Å². The summed E-state index contributed by atoms with van der Waals surface area (Å²) in [6.07, 6.45) is 6.86. The summed E-state index contributed by atoms with van der Waals surface area (Å²) in [7, 11) is 0. The van der Waals surface area contributed by atoms with Crippen LogP contribution < -0.4 is 31.1 Å². The first-order valence-corrected chi connectivity index (χ1v) is 34.1. The van der Waals surface area contributed by atoms with Crippen LogP contribution in [0.25, 0.3) is 21.9 Å². The highest BCUT2D eigenvalue weighted by Crippen LogP contribution is 2.56. The predicted molar refractivity (Wildman–Crippen MR) is 389 cm³/mol. The molecule has 464 valence electrons. The molecule has 0 atom stereocenters. The van der Waals surface area contributed by atoms with Crippen LogP contribution in [0.5, 0.6) is 0 Å². The maximum atomic E-state index is 7.20. The zero-order valence-electron chi connectivity index (χ0n) is 58.8. The Hall–Kier alpha value is -6.98. The largest absolute Gasteiger partial charge is 0.456 e. The molecular formula is C85H100BN3O. The molecule has 0 N–H and O–H groups in total. The smallest absolute Gasteiger partial charge is 0.252 e. The van der Waals surface area contributed by atoms with Gasteiger partial charge in [0.25, 0.3) is 6.71 Å². The van der Waals surface area contributed by atoms with Gasteiger partial charge in [-0.25, -0.2) is 0 Å². The maximum Gasteiger partial charge on any atom is 0.252 e. The first kappa shape index (κ1) is 60.6. The third-order valence-corrected chi connectivity index (χ3v) is 23.2. The standard InChI is InChI=1S/C85H100BN3O/c1-51-40-62-65(84(19,20)38-36-81(62,13)14)48-69(51)89-70-46-60-59-42-54(79(8,9)10)28-33-74(59)90-75(60)50-68(70)86-67-47-64-66(85(21,22)39-37-83(64,17)18)49-71(67)88(57-31-32-61-63(43-57)82(15,16)35-34-80(61,11)12)72-44-58(45-73(89)76(72)86)87(55-29-26-52(27-30-55)77(2,3)4)56-25-23-24-53(41-56)78(5,6)7/h23-33,40-50H,34-39H2,1-22H3. The van der Waals surface area contributed by atoms with Crippen molar-refractivity contribution in [2.75, 3.05) is 14.7 Å². The zero-order valence-corrected chi connectivity index (χ0v) is 58.8. The van der Waals surface area contributed by atoms with E-state index in [1.807, 2.05) is 0 Å². The molecule has 5 aliphatic rings. The maximum absolute atomic E-state index is 7.20. The number of benzene rings is 8. The summed E-state index contributed by atoms with van der Waals surface area (Å²) < 4.78 is 7.20. The molecular weight excluding hydrogens is 1090 g/mol. The summed E-state index contributed by atoms with van der Waals surface area (Å²) >= 11 is 0. The minimum absolute atomic E-state index is 0.00704. The topological polar surface area (TPSA) is 22.9 Å². The fraction of sp³-hybridized carbons (Fsp3) is 0.435. The van der Waals surface area contributed by atoms with Crippen LogP contribution in [0.1, 0.15) is 240 Å². The molecule has 0 saturated heterocycles. The highest BCUT2D eigenvalue weighted by atomic mass is 16.3. The summed E-state index contributed by atoms with van der Waals surface area (Å²) in [6.45, 7) is 53.1. The Labute approximate surface area is 541 Å². The molecule has 0 bridgehead atoms. The monoisotopic (exact) mass is 1190 g/mol. The van der Waals surface area contributed by atoms with Gasteiger partial charge in [0.2, 0.25) is 0 Å². The molecule has 0 radical (unpaired) electrons. The van der Waals surface area contributed by atoms with Gasteiger partial charge < -0.3 is 19.1 Å². The predicted octanol–water partition coefficient (Wildman–Crippen LogP) is 22.4. The lowest BCUT2D eigenvalue weighted by Crippen LogP contribution is -2.62. The Morgan fingerprint density at radius 2 is 0.833 bits per heavy atom. The van der Waals surface area contributed by atoms with Gasteiger partial charge in [0.05, 0.1) is 5.69 Å². The first-order valence-electron chi connectivity index (χ1n) is 34.1. The average Bonchev–Trinajstić information content (AvgIpc) is 0.877. The van der Waals surface area contributed by atoms with E-state index in [0.29, 0.717) is 0 Å². The van der Waals surface area contributed by atoms with E-state index in [4.69, 9.17) is 4.42 Å². The van der Waals surface area contributed by atoms with E-state index in [-0.39, 0.29) is 55.4 Å². The second-order valence-electron chi connectivity index (χ2n) is 35.6. The zero-order chi connectivity index (χ0) is 64.3. The highest BCUT2D eigenvalue weighted by molar-refractivity contribution is 7.00. The number of hydrogen-bond donors (Lipinski definition) is 0. The minimum Gasteiger partial charge on any atom is -0.456 e. The summed E-state index contributed by atoms with van der Waals surface area (Å²) in [5.41, 5.74) is 30.5.